The molecule has 0 radical (unpaired) electrons. The third-order valence-electron chi connectivity index (χ3n) is 7.10. The average molecular weight is 539 g/mol. The van der Waals surface area contributed by atoms with E-state index in [0.29, 0.717) is 11.4 Å². The van der Waals surface area contributed by atoms with Crippen molar-refractivity contribution in [2.45, 2.75) is 0 Å². The molecule has 0 spiro atoms. The van der Waals surface area contributed by atoms with E-state index in [4.69, 9.17) is 5.10 Å². The second-order valence-electron chi connectivity index (χ2n) is 9.53. The fourth-order valence-corrected chi connectivity index (χ4v) is 9.02. The third kappa shape index (κ3) is 4.64. The van der Waals surface area contributed by atoms with E-state index in [0.717, 1.165) is 21.5 Å². The van der Waals surface area contributed by atoms with E-state index in [2.05, 4.69) is 36.4 Å². The van der Waals surface area contributed by atoms with Gasteiger partial charge in [0, 0.05) is 0 Å². The van der Waals surface area contributed by atoms with Crippen LogP contribution in [0.1, 0.15) is 5.56 Å². The van der Waals surface area contributed by atoms with Gasteiger partial charge in [0.2, 0.25) is 0 Å². The van der Waals surface area contributed by atoms with E-state index in [1.165, 1.54) is 5.01 Å². The monoisotopic (exact) mass is 538 g/mol. The van der Waals surface area contributed by atoms with Gasteiger partial charge in [0.05, 0.1) is 11.4 Å². The van der Waals surface area contributed by atoms with Crippen molar-refractivity contribution in [1.29, 1.82) is 0 Å². The second-order valence-corrected chi connectivity index (χ2v) is 12.8. The van der Waals surface area contributed by atoms with Crippen molar-refractivity contribution in [2.24, 2.45) is 11.0 Å². The van der Waals surface area contributed by atoms with Gasteiger partial charge in [-0.25, -0.2) is 0 Å². The number of carbonyl (C=O) groups excluding carboxylic acids is 2. The van der Waals surface area contributed by atoms with Crippen LogP contribution in [0.2, 0.25) is 0 Å². The minimum Gasteiger partial charge on any atom is -0.293 e. The third-order valence-corrected chi connectivity index (χ3v) is 11.1. The molecule has 4 nitrogen and oxygen atoms in total. The number of Topliss-reactive ketones (excluding diaryl/α,β-unsaturated/α-hetero) is 1. The summed E-state index contributed by atoms with van der Waals surface area (Å²) in [6, 6.07) is 49.2. The van der Waals surface area contributed by atoms with Gasteiger partial charge in [0.15, 0.2) is 5.78 Å². The number of benzene rings is 5. The molecule has 0 N–H and O–H groups in total. The van der Waals surface area contributed by atoms with E-state index >= 15 is 0 Å². The molecule has 194 valence electrons. The fourth-order valence-electron chi connectivity index (χ4n) is 5.22. The molecule has 1 aliphatic heterocycles. The van der Waals surface area contributed by atoms with E-state index in [9.17, 15) is 9.59 Å². The van der Waals surface area contributed by atoms with Crippen LogP contribution < -0.4 is 20.9 Å². The Kier molecular flexibility index (Phi) is 7.09. The average Bonchev–Trinajstić information content (AvgIpc) is 3.39. The van der Waals surface area contributed by atoms with Gasteiger partial charge in [-0.2, -0.15) is 10.1 Å². The quantitative estimate of drug-likeness (QED) is 0.205. The maximum absolute atomic E-state index is 14.6. The van der Waals surface area contributed by atoms with Gasteiger partial charge in [0.1, 0.15) is 5.92 Å². The van der Waals surface area contributed by atoms with Crippen LogP contribution in [0, 0.1) is 5.92 Å². The first-order valence-electron chi connectivity index (χ1n) is 13.2. The highest BCUT2D eigenvalue weighted by atomic mass is 31.2. The molecule has 1 atom stereocenters. The van der Waals surface area contributed by atoms with Crippen molar-refractivity contribution in [3.63, 3.8) is 0 Å². The lowest BCUT2D eigenvalue weighted by Gasteiger charge is -2.29. The molecule has 1 aliphatic rings. The number of nitrogens with zero attached hydrogens (tertiary/aromatic N) is 2. The number of hydrogen-bond acceptors (Lipinski definition) is 3. The molecule has 6 rings (SSSR count). The van der Waals surface area contributed by atoms with E-state index in [-0.39, 0.29) is 11.7 Å². The first-order chi connectivity index (χ1) is 19.7. The van der Waals surface area contributed by atoms with Crippen molar-refractivity contribution in [2.75, 3.05) is 5.01 Å². The maximum atomic E-state index is 14.6. The predicted octanol–water partition coefficient (Wildman–Crippen LogP) is 5.42. The topological polar surface area (TPSA) is 49.7 Å². The van der Waals surface area contributed by atoms with E-state index < -0.39 is 12.8 Å². The SMILES string of the molecule is O=C(C=P(c1ccccc1)(c1ccccc1)c1ccccc1)C1C(=O)N(c2ccccc2)N=C1c1ccccc1. The zero-order valence-electron chi connectivity index (χ0n) is 21.7. The fraction of sp³-hybridized carbons (Fsp3) is 0.0286. The van der Waals surface area contributed by atoms with Crippen molar-refractivity contribution >= 4 is 51.7 Å². The molecule has 0 saturated heterocycles. The highest BCUT2D eigenvalue weighted by molar-refractivity contribution is 7.95. The molecule has 0 aliphatic carbocycles. The molecule has 0 fully saturated rings. The molecular weight excluding hydrogens is 511 g/mol. The Morgan fingerprint density at radius 2 is 1.00 bits per heavy atom. The van der Waals surface area contributed by atoms with Crippen LogP contribution in [0.25, 0.3) is 0 Å². The maximum Gasteiger partial charge on any atom is 0.264 e. The Hall–Kier alpha value is -4.79. The largest absolute Gasteiger partial charge is 0.293 e. The molecule has 0 saturated carbocycles. The minimum absolute atomic E-state index is 0.254. The van der Waals surface area contributed by atoms with Crippen LogP contribution in [0.4, 0.5) is 5.69 Å². The number of rotatable bonds is 7. The molecule has 40 heavy (non-hydrogen) atoms. The van der Waals surface area contributed by atoms with Gasteiger partial charge >= 0.3 is 0 Å². The highest BCUT2D eigenvalue weighted by Gasteiger charge is 2.42. The van der Waals surface area contributed by atoms with Crippen molar-refractivity contribution < 1.29 is 9.59 Å². The Balaban J connectivity index is 1.59. The second kappa shape index (κ2) is 11.1. The number of carbonyl (C=O) groups is 2. The van der Waals surface area contributed by atoms with Gasteiger partial charge in [-0.15, -0.1) is 0 Å². The van der Waals surface area contributed by atoms with Gasteiger partial charge in [-0.3, -0.25) is 9.59 Å². The molecule has 1 amide bonds. The Bertz CT molecular complexity index is 1620. The van der Waals surface area contributed by atoms with Crippen molar-refractivity contribution in [1.82, 2.24) is 0 Å². The van der Waals surface area contributed by atoms with E-state index in [1.807, 2.05) is 121 Å². The lowest BCUT2D eigenvalue weighted by atomic mass is 9.93. The summed E-state index contributed by atoms with van der Waals surface area (Å²) in [5, 5.41) is 9.24. The highest BCUT2D eigenvalue weighted by Crippen LogP contribution is 2.44. The van der Waals surface area contributed by atoms with E-state index in [1.54, 1.807) is 0 Å². The normalized spacial score (nSPS) is 15.0. The van der Waals surface area contributed by atoms with Crippen LogP contribution in [-0.4, -0.2) is 23.2 Å². The summed E-state index contributed by atoms with van der Waals surface area (Å²) >= 11 is 0. The number of ketones is 1. The molecule has 0 aromatic heterocycles. The van der Waals surface area contributed by atoms with Gasteiger partial charge in [-0.05, 0) is 46.3 Å². The molecule has 1 unspecified atom stereocenters. The van der Waals surface area contributed by atoms with Crippen LogP contribution >= 0.6 is 6.89 Å². The molecule has 5 heteroatoms. The zero-order valence-corrected chi connectivity index (χ0v) is 22.6. The van der Waals surface area contributed by atoms with Crippen LogP contribution in [0.15, 0.2) is 157 Å². The predicted molar refractivity (Wildman–Crippen MR) is 167 cm³/mol. The van der Waals surface area contributed by atoms with Gasteiger partial charge in [0.25, 0.3) is 5.91 Å². The zero-order chi connectivity index (χ0) is 27.4. The number of anilines is 1. The number of amides is 1. The standard InChI is InChI=1S/C35H27N2O2P/c38-32(33-34(27-16-6-1-7-17-27)36-37(35(33)39)28-18-8-2-9-19-28)26-40(29-20-10-3-11-21-29,30-22-12-4-13-23-30)31-24-14-5-15-25-31/h1-26,33H. The summed E-state index contributed by atoms with van der Waals surface area (Å²) in [5.41, 5.74) is 1.85. The van der Waals surface area contributed by atoms with Crippen molar-refractivity contribution in [3.05, 3.63) is 157 Å². The first kappa shape index (κ1) is 25.5. The summed E-state index contributed by atoms with van der Waals surface area (Å²) in [7, 11) is 0. The summed E-state index contributed by atoms with van der Waals surface area (Å²) < 4.78 is 0. The molecular formula is C35H27N2O2P. The Morgan fingerprint density at radius 3 is 1.45 bits per heavy atom. The molecule has 5 aromatic rings. The smallest absolute Gasteiger partial charge is 0.264 e. The van der Waals surface area contributed by atoms with Gasteiger partial charge in [-0.1, -0.05) is 140 Å². The van der Waals surface area contributed by atoms with Crippen LogP contribution in [0.5, 0.6) is 0 Å². The number of para-hydroxylation sites is 1. The van der Waals surface area contributed by atoms with Crippen LogP contribution in [-0.2, 0) is 9.59 Å². The summed E-state index contributed by atoms with van der Waals surface area (Å²) in [4.78, 5) is 28.6. The first-order valence-corrected chi connectivity index (χ1v) is 15.0. The number of hydrogen-bond donors (Lipinski definition) is 0. The Labute approximate surface area is 234 Å². The molecule has 1 heterocycles. The molecule has 5 aromatic carbocycles. The van der Waals surface area contributed by atoms with Gasteiger partial charge < -0.3 is 0 Å². The lowest BCUT2D eigenvalue weighted by molar-refractivity contribution is -0.125. The molecule has 0 bridgehead atoms. The van der Waals surface area contributed by atoms with Crippen molar-refractivity contribution in [3.8, 4) is 0 Å². The Morgan fingerprint density at radius 1 is 0.600 bits per heavy atom. The number of hydrazone groups is 1. The lowest BCUT2D eigenvalue weighted by Crippen LogP contribution is -2.36. The summed E-state index contributed by atoms with van der Waals surface area (Å²) in [6.45, 7) is -2.60. The summed E-state index contributed by atoms with van der Waals surface area (Å²) in [5.74, 6) is 0.176. The minimum atomic E-state index is -2.60. The van der Waals surface area contributed by atoms with Crippen LogP contribution in [0.3, 0.4) is 0 Å². The summed E-state index contributed by atoms with van der Waals surface area (Å²) in [6.07, 6.45) is 0.